The molecule has 1 amide bonds. The zero-order chi connectivity index (χ0) is 26.3. The van der Waals surface area contributed by atoms with Crippen molar-refractivity contribution in [1.82, 2.24) is 15.2 Å². The number of halogens is 1. The highest BCUT2D eigenvalue weighted by Gasteiger charge is 2.18. The molecule has 0 saturated carbocycles. The number of nitrogens with zero attached hydrogens (tertiary/aromatic N) is 3. The zero-order valence-electron chi connectivity index (χ0n) is 21.5. The fraction of sp³-hybridized carbons (Fsp3) is 0.267. The van der Waals surface area contributed by atoms with Crippen molar-refractivity contribution in [3.8, 4) is 5.75 Å². The molecule has 0 aliphatic carbocycles. The number of fused-ring (bicyclic) bond motifs is 1. The average Bonchev–Trinajstić information content (AvgIpc) is 2.95. The summed E-state index contributed by atoms with van der Waals surface area (Å²) in [6.45, 7) is 5.48. The molecular weight excluding hydrogens is 498 g/mol. The van der Waals surface area contributed by atoms with Gasteiger partial charge in [0, 0.05) is 48.8 Å². The van der Waals surface area contributed by atoms with Crippen LogP contribution in [0, 0.1) is 0 Å². The van der Waals surface area contributed by atoms with Crippen molar-refractivity contribution in [3.63, 3.8) is 0 Å². The molecule has 2 heterocycles. The maximum atomic E-state index is 13.2. The van der Waals surface area contributed by atoms with E-state index in [1.165, 1.54) is 5.69 Å². The Labute approximate surface area is 228 Å². The van der Waals surface area contributed by atoms with Crippen LogP contribution in [0.5, 0.6) is 5.75 Å². The summed E-state index contributed by atoms with van der Waals surface area (Å²) in [4.78, 5) is 22.8. The summed E-state index contributed by atoms with van der Waals surface area (Å²) < 4.78 is 5.45. The Morgan fingerprint density at radius 2 is 1.76 bits per heavy atom. The van der Waals surface area contributed by atoms with Gasteiger partial charge >= 0.3 is 0 Å². The molecule has 7 nitrogen and oxygen atoms in total. The summed E-state index contributed by atoms with van der Waals surface area (Å²) in [5.74, 6) is 1.20. The Morgan fingerprint density at radius 3 is 2.58 bits per heavy atom. The number of pyridine rings is 1. The van der Waals surface area contributed by atoms with Gasteiger partial charge in [-0.05, 0) is 55.4 Å². The SMILES string of the molecule is COc1ccccc1Nc1cc(C(=O)NCCCN2CCN(c3cccc(Cl)c3)CC2)c2ccccc2n1. The van der Waals surface area contributed by atoms with Crippen LogP contribution in [0.25, 0.3) is 10.9 Å². The Bertz CT molecular complexity index is 1400. The first-order chi connectivity index (χ1) is 18.6. The highest BCUT2D eigenvalue weighted by molar-refractivity contribution is 6.30. The van der Waals surface area contributed by atoms with Crippen LogP contribution < -0.4 is 20.3 Å². The molecule has 1 aliphatic rings. The molecule has 3 aromatic carbocycles. The Morgan fingerprint density at radius 1 is 0.974 bits per heavy atom. The summed E-state index contributed by atoms with van der Waals surface area (Å²) in [5.41, 5.74) is 3.33. The van der Waals surface area contributed by atoms with E-state index in [4.69, 9.17) is 21.3 Å². The summed E-state index contributed by atoms with van der Waals surface area (Å²) in [5, 5.41) is 8.02. The van der Waals surface area contributed by atoms with Crippen molar-refractivity contribution >= 4 is 45.6 Å². The van der Waals surface area contributed by atoms with Gasteiger partial charge in [-0.15, -0.1) is 0 Å². The van der Waals surface area contributed by atoms with Crippen LogP contribution in [0.4, 0.5) is 17.2 Å². The van der Waals surface area contributed by atoms with Gasteiger partial charge in [0.1, 0.15) is 11.6 Å². The maximum Gasteiger partial charge on any atom is 0.252 e. The number of amides is 1. The lowest BCUT2D eigenvalue weighted by Gasteiger charge is -2.36. The van der Waals surface area contributed by atoms with Gasteiger partial charge in [0.05, 0.1) is 23.9 Å². The van der Waals surface area contributed by atoms with E-state index in [0.717, 1.165) is 60.8 Å². The smallest absolute Gasteiger partial charge is 0.252 e. The number of nitrogens with one attached hydrogen (secondary N) is 2. The molecule has 0 atom stereocenters. The first-order valence-electron chi connectivity index (χ1n) is 12.9. The molecule has 4 aromatic rings. The second kappa shape index (κ2) is 12.2. The number of carbonyl (C=O) groups is 1. The van der Waals surface area contributed by atoms with E-state index in [9.17, 15) is 4.79 Å². The van der Waals surface area contributed by atoms with E-state index in [1.807, 2.05) is 66.7 Å². The van der Waals surface area contributed by atoms with Crippen molar-refractivity contribution in [2.45, 2.75) is 6.42 Å². The monoisotopic (exact) mass is 529 g/mol. The quantitative estimate of drug-likeness (QED) is 0.276. The van der Waals surface area contributed by atoms with Crippen LogP contribution in [0.1, 0.15) is 16.8 Å². The third kappa shape index (κ3) is 6.18. The van der Waals surface area contributed by atoms with E-state index < -0.39 is 0 Å². The van der Waals surface area contributed by atoms with E-state index >= 15 is 0 Å². The molecule has 1 aromatic heterocycles. The summed E-state index contributed by atoms with van der Waals surface area (Å²) in [7, 11) is 1.63. The van der Waals surface area contributed by atoms with Gasteiger partial charge in [0.2, 0.25) is 0 Å². The van der Waals surface area contributed by atoms with Crippen LogP contribution in [0.2, 0.25) is 5.02 Å². The molecule has 1 fully saturated rings. The summed E-state index contributed by atoms with van der Waals surface area (Å²) in [6, 6.07) is 25.2. The predicted molar refractivity (Wildman–Crippen MR) is 155 cm³/mol. The van der Waals surface area contributed by atoms with Crippen molar-refractivity contribution in [1.29, 1.82) is 0 Å². The molecular formula is C30H32ClN5O2. The number of hydrogen-bond donors (Lipinski definition) is 2. The number of piperazine rings is 1. The van der Waals surface area contributed by atoms with E-state index in [-0.39, 0.29) is 5.91 Å². The van der Waals surface area contributed by atoms with Crippen LogP contribution in [-0.2, 0) is 0 Å². The van der Waals surface area contributed by atoms with E-state index in [2.05, 4.69) is 26.5 Å². The second-order valence-electron chi connectivity index (χ2n) is 9.32. The number of rotatable bonds is 9. The Balaban J connectivity index is 1.17. The third-order valence-corrected chi connectivity index (χ3v) is 7.05. The third-order valence-electron chi connectivity index (χ3n) is 6.81. The number of hydrogen-bond acceptors (Lipinski definition) is 6. The van der Waals surface area contributed by atoms with Gasteiger partial charge in [-0.25, -0.2) is 4.98 Å². The van der Waals surface area contributed by atoms with Crippen LogP contribution in [-0.4, -0.2) is 62.2 Å². The fourth-order valence-electron chi connectivity index (χ4n) is 4.82. The zero-order valence-corrected chi connectivity index (χ0v) is 22.2. The lowest BCUT2D eigenvalue weighted by molar-refractivity contribution is 0.0953. The van der Waals surface area contributed by atoms with E-state index in [0.29, 0.717) is 23.7 Å². The minimum Gasteiger partial charge on any atom is -0.495 e. The summed E-state index contributed by atoms with van der Waals surface area (Å²) >= 11 is 6.15. The fourth-order valence-corrected chi connectivity index (χ4v) is 5.00. The molecule has 8 heteroatoms. The summed E-state index contributed by atoms with van der Waals surface area (Å²) in [6.07, 6.45) is 0.887. The first kappa shape index (κ1) is 25.8. The van der Waals surface area contributed by atoms with E-state index in [1.54, 1.807) is 13.2 Å². The average molecular weight is 530 g/mol. The number of para-hydroxylation sites is 3. The molecule has 0 spiro atoms. The second-order valence-corrected chi connectivity index (χ2v) is 9.75. The van der Waals surface area contributed by atoms with Crippen molar-refractivity contribution in [2.24, 2.45) is 0 Å². The highest BCUT2D eigenvalue weighted by atomic mass is 35.5. The largest absolute Gasteiger partial charge is 0.495 e. The molecule has 2 N–H and O–H groups in total. The molecule has 196 valence electrons. The van der Waals surface area contributed by atoms with Gasteiger partial charge in [-0.2, -0.15) is 0 Å². The lowest BCUT2D eigenvalue weighted by Crippen LogP contribution is -2.47. The van der Waals surface area contributed by atoms with Gasteiger partial charge in [-0.1, -0.05) is 48.0 Å². The number of carbonyl (C=O) groups excluding carboxylic acids is 1. The molecule has 1 saturated heterocycles. The molecule has 0 bridgehead atoms. The number of anilines is 3. The molecule has 5 rings (SSSR count). The Hall–Kier alpha value is -3.81. The standard InChI is InChI=1S/C30H32ClN5O2/c1-38-28-13-5-4-12-27(28)34-29-21-25(24-10-2-3-11-26(24)33-29)30(37)32-14-7-15-35-16-18-36(19-17-35)23-9-6-8-22(31)20-23/h2-6,8-13,20-21H,7,14-19H2,1H3,(H,32,37)(H,33,34). The van der Waals surface area contributed by atoms with Crippen molar-refractivity contribution < 1.29 is 9.53 Å². The maximum absolute atomic E-state index is 13.2. The molecule has 38 heavy (non-hydrogen) atoms. The van der Waals surface area contributed by atoms with Crippen molar-refractivity contribution in [3.05, 3.63) is 89.4 Å². The number of aromatic nitrogens is 1. The lowest BCUT2D eigenvalue weighted by atomic mass is 10.1. The minimum absolute atomic E-state index is 0.0996. The number of benzene rings is 3. The Kier molecular flexibility index (Phi) is 8.26. The first-order valence-corrected chi connectivity index (χ1v) is 13.3. The van der Waals surface area contributed by atoms with Crippen LogP contribution >= 0.6 is 11.6 Å². The minimum atomic E-state index is -0.0996. The topological polar surface area (TPSA) is 69.7 Å². The van der Waals surface area contributed by atoms with Crippen molar-refractivity contribution in [2.75, 3.05) is 56.6 Å². The molecule has 0 radical (unpaired) electrons. The number of methoxy groups -OCH3 is 1. The number of ether oxygens (including phenoxy) is 1. The molecule has 0 unspecified atom stereocenters. The van der Waals surface area contributed by atoms with Gasteiger partial charge in [0.15, 0.2) is 0 Å². The predicted octanol–water partition coefficient (Wildman–Crippen LogP) is 5.58. The normalized spacial score (nSPS) is 13.9. The highest BCUT2D eigenvalue weighted by Crippen LogP contribution is 2.28. The van der Waals surface area contributed by atoms with Crippen LogP contribution in [0.15, 0.2) is 78.9 Å². The van der Waals surface area contributed by atoms with Crippen LogP contribution in [0.3, 0.4) is 0 Å². The molecule has 1 aliphatic heterocycles. The van der Waals surface area contributed by atoms with Gasteiger partial charge < -0.3 is 20.3 Å². The van der Waals surface area contributed by atoms with Gasteiger partial charge in [0.25, 0.3) is 5.91 Å². The van der Waals surface area contributed by atoms with Gasteiger partial charge in [-0.3, -0.25) is 9.69 Å².